The Balaban J connectivity index is 1.59. The van der Waals surface area contributed by atoms with Crippen molar-refractivity contribution in [1.82, 2.24) is 14.7 Å². The molecular formula is C22H22N4O2S. The highest BCUT2D eigenvalue weighted by Gasteiger charge is 2.26. The Hall–Kier alpha value is -3.19. The molecule has 3 aromatic rings. The van der Waals surface area contributed by atoms with E-state index >= 15 is 0 Å². The van der Waals surface area contributed by atoms with Crippen LogP contribution in [-0.2, 0) is 9.59 Å². The molecule has 1 aliphatic heterocycles. The van der Waals surface area contributed by atoms with Gasteiger partial charge in [-0.1, -0.05) is 24.3 Å². The van der Waals surface area contributed by atoms with Gasteiger partial charge in [-0.15, -0.1) is 11.3 Å². The molecule has 1 unspecified atom stereocenters. The minimum atomic E-state index is -0.337. The van der Waals surface area contributed by atoms with Crippen LogP contribution in [0.1, 0.15) is 18.4 Å². The third-order valence-electron chi connectivity index (χ3n) is 5.06. The smallest absolute Gasteiger partial charge is 0.246 e. The van der Waals surface area contributed by atoms with Crippen molar-refractivity contribution < 1.29 is 9.59 Å². The van der Waals surface area contributed by atoms with Gasteiger partial charge >= 0.3 is 0 Å². The molecule has 0 spiro atoms. The molecule has 1 aliphatic rings. The predicted octanol–water partition coefficient (Wildman–Crippen LogP) is 3.34. The number of aromatic nitrogens is 2. The second-order valence-electron chi connectivity index (χ2n) is 7.05. The maximum Gasteiger partial charge on any atom is 0.246 e. The average molecular weight is 407 g/mol. The first-order chi connectivity index (χ1) is 14.1. The molecule has 6 nitrogen and oxygen atoms in total. The largest absolute Gasteiger partial charge is 0.369 e. The minimum Gasteiger partial charge on any atom is -0.369 e. The van der Waals surface area contributed by atoms with Crippen molar-refractivity contribution in [3.05, 3.63) is 65.7 Å². The summed E-state index contributed by atoms with van der Waals surface area (Å²) in [7, 11) is 0. The molecule has 0 saturated carbocycles. The van der Waals surface area contributed by atoms with Crippen molar-refractivity contribution in [2.24, 2.45) is 11.7 Å². The molecule has 2 aromatic heterocycles. The fourth-order valence-corrected chi connectivity index (χ4v) is 4.23. The zero-order valence-corrected chi connectivity index (χ0v) is 16.7. The lowest BCUT2D eigenvalue weighted by Gasteiger charge is -2.30. The van der Waals surface area contributed by atoms with Gasteiger partial charge < -0.3 is 10.6 Å². The quantitative estimate of drug-likeness (QED) is 0.660. The molecule has 29 heavy (non-hydrogen) atoms. The Morgan fingerprint density at radius 1 is 1.17 bits per heavy atom. The highest BCUT2D eigenvalue weighted by atomic mass is 32.1. The molecule has 2 amide bonds. The van der Waals surface area contributed by atoms with E-state index < -0.39 is 0 Å². The summed E-state index contributed by atoms with van der Waals surface area (Å²) >= 11 is 1.61. The van der Waals surface area contributed by atoms with Crippen LogP contribution in [0.15, 0.2) is 60.1 Å². The lowest BCUT2D eigenvalue weighted by atomic mass is 9.97. The van der Waals surface area contributed by atoms with Crippen LogP contribution in [0.25, 0.3) is 22.3 Å². The molecule has 0 aliphatic carbocycles. The van der Waals surface area contributed by atoms with E-state index in [-0.39, 0.29) is 17.7 Å². The van der Waals surface area contributed by atoms with Gasteiger partial charge in [-0.25, -0.2) is 4.68 Å². The highest BCUT2D eigenvalue weighted by Crippen LogP contribution is 2.28. The summed E-state index contributed by atoms with van der Waals surface area (Å²) in [6.07, 6.45) is 6.83. The Kier molecular flexibility index (Phi) is 5.57. The van der Waals surface area contributed by atoms with Crippen LogP contribution in [-0.4, -0.2) is 39.6 Å². The van der Waals surface area contributed by atoms with Crippen LogP contribution in [0, 0.1) is 5.92 Å². The number of amides is 2. The number of carbonyl (C=O) groups is 2. The standard InChI is InChI=1S/C22H22N4O2S/c23-22(28)17-6-4-12-25(14-17)20(27)11-10-16-15-26(18-7-2-1-3-8-18)24-21(16)19-9-5-13-29-19/h1-3,5,7-11,13,15,17H,4,6,12,14H2,(H2,23,28). The number of hydrogen-bond donors (Lipinski definition) is 1. The van der Waals surface area contributed by atoms with Gasteiger partial charge in [0.1, 0.15) is 5.69 Å². The van der Waals surface area contributed by atoms with Crippen LogP contribution in [0.4, 0.5) is 0 Å². The maximum atomic E-state index is 12.7. The zero-order valence-electron chi connectivity index (χ0n) is 15.9. The van der Waals surface area contributed by atoms with E-state index in [4.69, 9.17) is 10.8 Å². The number of rotatable bonds is 5. The Morgan fingerprint density at radius 2 is 2.00 bits per heavy atom. The SMILES string of the molecule is NC(=O)C1CCCN(C(=O)C=Cc2cn(-c3ccccc3)nc2-c2cccs2)C1. The summed E-state index contributed by atoms with van der Waals surface area (Å²) in [5, 5.41) is 6.75. The van der Waals surface area contributed by atoms with Crippen molar-refractivity contribution in [2.45, 2.75) is 12.8 Å². The number of nitrogens with zero attached hydrogens (tertiary/aromatic N) is 3. The minimum absolute atomic E-state index is 0.111. The number of likely N-dealkylation sites (tertiary alicyclic amines) is 1. The van der Waals surface area contributed by atoms with Gasteiger partial charge in [0.25, 0.3) is 0 Å². The Bertz CT molecular complexity index is 1020. The molecule has 1 saturated heterocycles. The van der Waals surface area contributed by atoms with Crippen LogP contribution in [0.2, 0.25) is 0 Å². The van der Waals surface area contributed by atoms with E-state index in [1.54, 1.807) is 28.4 Å². The molecule has 1 fully saturated rings. The zero-order chi connectivity index (χ0) is 20.2. The number of para-hydroxylation sites is 1. The number of thiophene rings is 1. The number of carbonyl (C=O) groups excluding carboxylic acids is 2. The van der Waals surface area contributed by atoms with Gasteiger partial charge in [0.2, 0.25) is 11.8 Å². The van der Waals surface area contributed by atoms with Crippen LogP contribution in [0.3, 0.4) is 0 Å². The monoisotopic (exact) mass is 406 g/mol. The summed E-state index contributed by atoms with van der Waals surface area (Å²) in [5.41, 5.74) is 8.08. The van der Waals surface area contributed by atoms with Crippen LogP contribution < -0.4 is 5.73 Å². The molecule has 0 bridgehead atoms. The molecule has 3 heterocycles. The van der Waals surface area contributed by atoms with Crippen molar-refractivity contribution in [3.8, 4) is 16.3 Å². The van der Waals surface area contributed by atoms with E-state index in [0.29, 0.717) is 13.1 Å². The third-order valence-corrected chi connectivity index (χ3v) is 5.94. The fraction of sp³-hybridized carbons (Fsp3) is 0.227. The Morgan fingerprint density at radius 3 is 2.72 bits per heavy atom. The van der Waals surface area contributed by atoms with Gasteiger partial charge in [-0.2, -0.15) is 5.10 Å². The molecule has 1 aromatic carbocycles. The molecular weight excluding hydrogens is 384 g/mol. The molecule has 4 rings (SSSR count). The summed E-state index contributed by atoms with van der Waals surface area (Å²) in [4.78, 5) is 26.9. The van der Waals surface area contributed by atoms with E-state index in [2.05, 4.69) is 0 Å². The normalized spacial score (nSPS) is 17.0. The summed E-state index contributed by atoms with van der Waals surface area (Å²) in [5.74, 6) is -0.709. The van der Waals surface area contributed by atoms with Crippen molar-refractivity contribution in [2.75, 3.05) is 13.1 Å². The van der Waals surface area contributed by atoms with E-state index in [1.165, 1.54) is 0 Å². The molecule has 7 heteroatoms. The van der Waals surface area contributed by atoms with E-state index in [0.717, 1.165) is 34.7 Å². The average Bonchev–Trinajstić information content (AvgIpc) is 3.42. The lowest BCUT2D eigenvalue weighted by Crippen LogP contribution is -2.43. The van der Waals surface area contributed by atoms with E-state index in [1.807, 2.05) is 58.7 Å². The van der Waals surface area contributed by atoms with Crippen molar-refractivity contribution in [3.63, 3.8) is 0 Å². The highest BCUT2D eigenvalue weighted by molar-refractivity contribution is 7.13. The molecule has 148 valence electrons. The van der Waals surface area contributed by atoms with Crippen molar-refractivity contribution >= 4 is 29.2 Å². The third kappa shape index (κ3) is 4.30. The second kappa shape index (κ2) is 8.45. The number of primary amides is 1. The van der Waals surface area contributed by atoms with Crippen LogP contribution >= 0.6 is 11.3 Å². The summed E-state index contributed by atoms with van der Waals surface area (Å²) in [6, 6.07) is 13.9. The first-order valence-electron chi connectivity index (χ1n) is 9.57. The fourth-order valence-electron chi connectivity index (χ4n) is 3.50. The maximum absolute atomic E-state index is 12.7. The van der Waals surface area contributed by atoms with Crippen molar-refractivity contribution in [1.29, 1.82) is 0 Å². The van der Waals surface area contributed by atoms with Gasteiger partial charge in [0, 0.05) is 30.9 Å². The molecule has 1 atom stereocenters. The predicted molar refractivity (Wildman–Crippen MR) is 114 cm³/mol. The lowest BCUT2D eigenvalue weighted by molar-refractivity contribution is -0.130. The van der Waals surface area contributed by atoms with Gasteiger partial charge in [-0.05, 0) is 42.5 Å². The first-order valence-corrected chi connectivity index (χ1v) is 10.4. The van der Waals surface area contributed by atoms with Gasteiger partial charge in [0.05, 0.1) is 16.5 Å². The number of piperidine rings is 1. The number of benzene rings is 1. The summed E-state index contributed by atoms with van der Waals surface area (Å²) in [6.45, 7) is 1.04. The first kappa shape index (κ1) is 19.1. The Labute approximate surface area is 173 Å². The summed E-state index contributed by atoms with van der Waals surface area (Å²) < 4.78 is 1.82. The molecule has 0 radical (unpaired) electrons. The van der Waals surface area contributed by atoms with Gasteiger partial charge in [0.15, 0.2) is 0 Å². The number of hydrogen-bond acceptors (Lipinski definition) is 4. The number of nitrogens with two attached hydrogens (primary N) is 1. The van der Waals surface area contributed by atoms with Gasteiger partial charge in [-0.3, -0.25) is 9.59 Å². The van der Waals surface area contributed by atoms with Crippen LogP contribution in [0.5, 0.6) is 0 Å². The van der Waals surface area contributed by atoms with E-state index in [9.17, 15) is 9.59 Å². The second-order valence-corrected chi connectivity index (χ2v) is 8.00. The topological polar surface area (TPSA) is 81.2 Å². The molecule has 2 N–H and O–H groups in total.